The first-order valence-corrected chi connectivity index (χ1v) is 7.33. The predicted molar refractivity (Wildman–Crippen MR) is 77.7 cm³/mol. The molecule has 1 fully saturated rings. The summed E-state index contributed by atoms with van der Waals surface area (Å²) in [7, 11) is 0. The molecule has 1 N–H and O–H groups in total. The summed E-state index contributed by atoms with van der Waals surface area (Å²) in [6, 6.07) is 4.98. The molecule has 0 saturated carbocycles. The van der Waals surface area contributed by atoms with E-state index in [4.69, 9.17) is 9.84 Å². The molecule has 112 valence electrons. The first kappa shape index (κ1) is 14.1. The normalized spacial score (nSPS) is 24.7. The minimum absolute atomic E-state index is 0.0102. The van der Waals surface area contributed by atoms with Crippen molar-refractivity contribution < 1.29 is 19.4 Å². The van der Waals surface area contributed by atoms with Crippen molar-refractivity contribution in [3.8, 4) is 0 Å². The van der Waals surface area contributed by atoms with Crippen LogP contribution in [-0.2, 0) is 16.0 Å². The quantitative estimate of drug-likeness (QED) is 0.906. The SMILES string of the molecule is CC1(C(=O)N2CCCc3cc(C(=O)O)ccc32)CCCO1. The van der Waals surface area contributed by atoms with Gasteiger partial charge in [-0.3, -0.25) is 4.79 Å². The number of carbonyl (C=O) groups is 2. The van der Waals surface area contributed by atoms with Gasteiger partial charge in [0, 0.05) is 18.8 Å². The van der Waals surface area contributed by atoms with Gasteiger partial charge >= 0.3 is 5.97 Å². The number of nitrogens with zero attached hydrogens (tertiary/aromatic N) is 1. The Kier molecular flexibility index (Phi) is 3.45. The van der Waals surface area contributed by atoms with E-state index in [0.29, 0.717) is 13.2 Å². The van der Waals surface area contributed by atoms with Crippen LogP contribution in [0.15, 0.2) is 18.2 Å². The molecule has 0 radical (unpaired) electrons. The number of carbonyl (C=O) groups excluding carboxylic acids is 1. The second-order valence-corrected chi connectivity index (χ2v) is 5.89. The number of aryl methyl sites for hydroxylation is 1. The van der Waals surface area contributed by atoms with Crippen LogP contribution >= 0.6 is 0 Å². The lowest BCUT2D eigenvalue weighted by molar-refractivity contribution is -0.136. The van der Waals surface area contributed by atoms with Gasteiger partial charge in [0.15, 0.2) is 0 Å². The molecule has 2 heterocycles. The topological polar surface area (TPSA) is 66.8 Å². The fraction of sp³-hybridized carbons (Fsp3) is 0.500. The number of hydrogen-bond donors (Lipinski definition) is 1. The molecule has 1 aromatic carbocycles. The van der Waals surface area contributed by atoms with Crippen LogP contribution in [-0.4, -0.2) is 35.7 Å². The molecule has 1 unspecified atom stereocenters. The minimum atomic E-state index is -0.938. The largest absolute Gasteiger partial charge is 0.478 e. The van der Waals surface area contributed by atoms with Gasteiger partial charge in [-0.15, -0.1) is 0 Å². The number of aromatic carboxylic acids is 1. The van der Waals surface area contributed by atoms with Gasteiger partial charge in [-0.05, 0) is 56.4 Å². The van der Waals surface area contributed by atoms with E-state index in [2.05, 4.69) is 0 Å². The Balaban J connectivity index is 1.93. The smallest absolute Gasteiger partial charge is 0.335 e. The molecule has 2 aliphatic heterocycles. The van der Waals surface area contributed by atoms with Crippen molar-refractivity contribution in [3.05, 3.63) is 29.3 Å². The second kappa shape index (κ2) is 5.15. The highest BCUT2D eigenvalue weighted by Gasteiger charge is 2.42. The maximum atomic E-state index is 12.8. The summed E-state index contributed by atoms with van der Waals surface area (Å²) in [5.74, 6) is -0.948. The van der Waals surface area contributed by atoms with Gasteiger partial charge in [0.2, 0.25) is 0 Å². The molecule has 1 aromatic rings. The summed E-state index contributed by atoms with van der Waals surface area (Å²) in [5.41, 5.74) is 1.29. The lowest BCUT2D eigenvalue weighted by atomic mass is 9.95. The number of carboxylic acids is 1. The number of ether oxygens (including phenoxy) is 1. The van der Waals surface area contributed by atoms with E-state index in [-0.39, 0.29) is 11.5 Å². The van der Waals surface area contributed by atoms with E-state index in [9.17, 15) is 9.59 Å². The molecule has 1 atom stereocenters. The Labute approximate surface area is 123 Å². The number of amides is 1. The minimum Gasteiger partial charge on any atom is -0.478 e. The zero-order chi connectivity index (χ0) is 15.0. The van der Waals surface area contributed by atoms with E-state index in [0.717, 1.165) is 36.9 Å². The third kappa shape index (κ3) is 2.42. The number of rotatable bonds is 2. The lowest BCUT2D eigenvalue weighted by Crippen LogP contribution is -2.48. The van der Waals surface area contributed by atoms with Gasteiger partial charge in [0.25, 0.3) is 5.91 Å². The first-order valence-electron chi connectivity index (χ1n) is 7.33. The number of carboxylic acid groups (broad SMARTS) is 1. The van der Waals surface area contributed by atoms with E-state index >= 15 is 0 Å². The number of hydrogen-bond acceptors (Lipinski definition) is 3. The summed E-state index contributed by atoms with van der Waals surface area (Å²) in [6.07, 6.45) is 3.29. The van der Waals surface area contributed by atoms with Crippen molar-refractivity contribution >= 4 is 17.6 Å². The summed E-state index contributed by atoms with van der Waals surface area (Å²) < 4.78 is 5.65. The molecular formula is C16H19NO4. The van der Waals surface area contributed by atoms with Crippen LogP contribution in [0.3, 0.4) is 0 Å². The van der Waals surface area contributed by atoms with Crippen molar-refractivity contribution in [2.24, 2.45) is 0 Å². The second-order valence-electron chi connectivity index (χ2n) is 5.89. The molecule has 3 rings (SSSR count). The maximum Gasteiger partial charge on any atom is 0.335 e. The molecule has 2 aliphatic rings. The van der Waals surface area contributed by atoms with Crippen LogP contribution < -0.4 is 4.90 Å². The van der Waals surface area contributed by atoms with Crippen LogP contribution in [0, 0.1) is 0 Å². The van der Waals surface area contributed by atoms with Crippen molar-refractivity contribution in [2.45, 2.75) is 38.2 Å². The van der Waals surface area contributed by atoms with Crippen molar-refractivity contribution in [3.63, 3.8) is 0 Å². The van der Waals surface area contributed by atoms with Crippen molar-refractivity contribution in [1.82, 2.24) is 0 Å². The fourth-order valence-electron chi connectivity index (χ4n) is 3.17. The molecular weight excluding hydrogens is 270 g/mol. The van der Waals surface area contributed by atoms with E-state index < -0.39 is 11.6 Å². The van der Waals surface area contributed by atoms with E-state index in [1.807, 2.05) is 6.92 Å². The third-order valence-electron chi connectivity index (χ3n) is 4.36. The molecule has 5 heteroatoms. The molecule has 1 saturated heterocycles. The zero-order valence-corrected chi connectivity index (χ0v) is 12.1. The average Bonchev–Trinajstić information content (AvgIpc) is 2.93. The van der Waals surface area contributed by atoms with Crippen LogP contribution in [0.5, 0.6) is 0 Å². The Morgan fingerprint density at radius 2 is 2.14 bits per heavy atom. The number of benzene rings is 1. The van der Waals surface area contributed by atoms with Crippen molar-refractivity contribution in [2.75, 3.05) is 18.1 Å². The zero-order valence-electron chi connectivity index (χ0n) is 12.1. The van der Waals surface area contributed by atoms with Crippen LogP contribution in [0.25, 0.3) is 0 Å². The Bertz CT molecular complexity index is 590. The van der Waals surface area contributed by atoms with Gasteiger partial charge in [0.05, 0.1) is 5.56 Å². The highest BCUT2D eigenvalue weighted by Crippen LogP contribution is 2.34. The Hall–Kier alpha value is -1.88. The highest BCUT2D eigenvalue weighted by atomic mass is 16.5. The average molecular weight is 289 g/mol. The molecule has 21 heavy (non-hydrogen) atoms. The summed E-state index contributed by atoms with van der Waals surface area (Å²) in [5, 5.41) is 9.07. The monoisotopic (exact) mass is 289 g/mol. The van der Waals surface area contributed by atoms with Gasteiger partial charge < -0.3 is 14.7 Å². The predicted octanol–water partition coefficient (Wildman–Crippen LogP) is 2.23. The van der Waals surface area contributed by atoms with Crippen LogP contribution in [0.4, 0.5) is 5.69 Å². The standard InChI is InChI=1S/C16H19NO4/c1-16(7-3-9-21-16)15(20)17-8-2-4-11-10-12(14(18)19)5-6-13(11)17/h5-6,10H,2-4,7-9H2,1H3,(H,18,19). The molecule has 0 bridgehead atoms. The van der Waals surface area contributed by atoms with Crippen LogP contribution in [0.1, 0.15) is 42.1 Å². The Morgan fingerprint density at radius 3 is 2.81 bits per heavy atom. The summed E-state index contributed by atoms with van der Waals surface area (Å²) in [6.45, 7) is 3.14. The lowest BCUT2D eigenvalue weighted by Gasteiger charge is -2.35. The van der Waals surface area contributed by atoms with E-state index in [1.165, 1.54) is 0 Å². The summed E-state index contributed by atoms with van der Waals surface area (Å²) >= 11 is 0. The van der Waals surface area contributed by atoms with Crippen LogP contribution in [0.2, 0.25) is 0 Å². The first-order chi connectivity index (χ1) is 10.0. The molecule has 0 aromatic heterocycles. The molecule has 0 aliphatic carbocycles. The third-order valence-corrected chi connectivity index (χ3v) is 4.36. The van der Waals surface area contributed by atoms with Gasteiger partial charge in [-0.1, -0.05) is 0 Å². The van der Waals surface area contributed by atoms with Gasteiger partial charge in [-0.25, -0.2) is 4.79 Å². The van der Waals surface area contributed by atoms with E-state index in [1.54, 1.807) is 23.1 Å². The molecule has 0 spiro atoms. The Morgan fingerprint density at radius 1 is 1.33 bits per heavy atom. The summed E-state index contributed by atoms with van der Waals surface area (Å²) in [4.78, 5) is 25.6. The van der Waals surface area contributed by atoms with Gasteiger partial charge in [-0.2, -0.15) is 0 Å². The molecule has 5 nitrogen and oxygen atoms in total. The van der Waals surface area contributed by atoms with Gasteiger partial charge in [0.1, 0.15) is 5.60 Å². The number of fused-ring (bicyclic) bond motifs is 1. The fourth-order valence-corrected chi connectivity index (χ4v) is 3.17. The maximum absolute atomic E-state index is 12.8. The highest BCUT2D eigenvalue weighted by molar-refractivity contribution is 6.01. The van der Waals surface area contributed by atoms with Crippen molar-refractivity contribution in [1.29, 1.82) is 0 Å². The molecule has 1 amide bonds. The number of anilines is 1.